The van der Waals surface area contributed by atoms with E-state index in [4.69, 9.17) is 5.73 Å². The Hall–Kier alpha value is -1.35. The summed E-state index contributed by atoms with van der Waals surface area (Å²) in [6.07, 6.45) is 1.69. The highest BCUT2D eigenvalue weighted by molar-refractivity contribution is 5.84. The number of carbonyl (C=O) groups excluding carboxylic acids is 1. The quantitative estimate of drug-likeness (QED) is 0.790. The van der Waals surface area contributed by atoms with E-state index in [2.05, 4.69) is 11.0 Å². The zero-order chi connectivity index (χ0) is 10.7. The fourth-order valence-electron chi connectivity index (χ4n) is 1.94. The van der Waals surface area contributed by atoms with Gasteiger partial charge in [-0.3, -0.25) is 4.79 Å². The fraction of sp³-hybridized carbons (Fsp3) is 0.417. The molecule has 15 heavy (non-hydrogen) atoms. The van der Waals surface area contributed by atoms with Crippen LogP contribution in [-0.4, -0.2) is 18.9 Å². The molecule has 1 saturated heterocycles. The molecule has 1 fully saturated rings. The molecule has 80 valence electrons. The molecular weight excluding hydrogens is 188 g/mol. The Bertz CT molecular complexity index is 362. The van der Waals surface area contributed by atoms with Crippen LogP contribution in [0.25, 0.3) is 0 Å². The molecule has 0 spiro atoms. The zero-order valence-electron chi connectivity index (χ0n) is 8.78. The number of nitrogens with two attached hydrogens (primary N) is 1. The number of hydrogen-bond acceptors (Lipinski definition) is 3. The number of nitrogens with zero attached hydrogens (tertiary/aromatic N) is 1. The molecule has 1 aliphatic heterocycles. The maximum absolute atomic E-state index is 11.3. The molecule has 0 unspecified atom stereocenters. The van der Waals surface area contributed by atoms with E-state index in [0.29, 0.717) is 18.9 Å². The van der Waals surface area contributed by atoms with Crippen LogP contribution in [0, 0.1) is 0 Å². The molecule has 1 heterocycles. The van der Waals surface area contributed by atoms with Crippen LogP contribution in [0.5, 0.6) is 0 Å². The first-order valence-electron chi connectivity index (χ1n) is 5.35. The van der Waals surface area contributed by atoms with Crippen LogP contribution < -0.4 is 10.6 Å². The molecule has 3 nitrogen and oxygen atoms in total. The largest absolute Gasteiger partial charge is 0.364 e. The summed E-state index contributed by atoms with van der Waals surface area (Å²) in [6, 6.07) is 8.11. The predicted octanol–water partition coefficient (Wildman–Crippen LogP) is 1.31. The number of carbonyl (C=O) groups is 1. The minimum absolute atomic E-state index is 0.333. The van der Waals surface area contributed by atoms with Gasteiger partial charge in [0.1, 0.15) is 0 Å². The zero-order valence-corrected chi connectivity index (χ0v) is 8.78. The van der Waals surface area contributed by atoms with Gasteiger partial charge in [0.25, 0.3) is 0 Å². The summed E-state index contributed by atoms with van der Waals surface area (Å²) >= 11 is 0. The Balaban J connectivity index is 2.17. The number of anilines is 1. The first kappa shape index (κ1) is 10.2. The standard InChI is InChI=1S/C12H16N2O/c13-8-10-3-1-4-11(7-10)14-6-2-5-12(15)9-14/h1,3-4,7H,2,5-6,8-9,13H2. The van der Waals surface area contributed by atoms with Crippen molar-refractivity contribution in [1.29, 1.82) is 0 Å². The van der Waals surface area contributed by atoms with Crippen molar-refractivity contribution in [3.63, 3.8) is 0 Å². The molecule has 3 heteroatoms. The lowest BCUT2D eigenvalue weighted by Gasteiger charge is -2.28. The summed E-state index contributed by atoms with van der Waals surface area (Å²) < 4.78 is 0. The average molecular weight is 204 g/mol. The second-order valence-corrected chi connectivity index (χ2v) is 3.94. The van der Waals surface area contributed by atoms with Crippen LogP contribution in [0.3, 0.4) is 0 Å². The van der Waals surface area contributed by atoms with E-state index in [1.165, 1.54) is 0 Å². The van der Waals surface area contributed by atoms with Gasteiger partial charge in [-0.1, -0.05) is 12.1 Å². The van der Waals surface area contributed by atoms with Crippen molar-refractivity contribution < 1.29 is 4.79 Å². The number of hydrogen-bond donors (Lipinski definition) is 1. The normalized spacial score (nSPS) is 16.9. The van der Waals surface area contributed by atoms with E-state index in [9.17, 15) is 4.79 Å². The van der Waals surface area contributed by atoms with E-state index in [0.717, 1.165) is 30.6 Å². The fourth-order valence-corrected chi connectivity index (χ4v) is 1.94. The number of benzene rings is 1. The molecule has 0 aliphatic carbocycles. The summed E-state index contributed by atoms with van der Waals surface area (Å²) in [4.78, 5) is 13.5. The Morgan fingerprint density at radius 2 is 2.27 bits per heavy atom. The Morgan fingerprint density at radius 3 is 3.00 bits per heavy atom. The number of rotatable bonds is 2. The smallest absolute Gasteiger partial charge is 0.152 e. The maximum atomic E-state index is 11.3. The lowest BCUT2D eigenvalue weighted by atomic mass is 10.1. The average Bonchev–Trinajstić information content (AvgIpc) is 2.29. The number of ketones is 1. The molecule has 0 atom stereocenters. The van der Waals surface area contributed by atoms with Gasteiger partial charge in [0.05, 0.1) is 6.54 Å². The highest BCUT2D eigenvalue weighted by atomic mass is 16.1. The van der Waals surface area contributed by atoms with Gasteiger partial charge in [0.2, 0.25) is 0 Å². The predicted molar refractivity (Wildman–Crippen MR) is 60.8 cm³/mol. The molecule has 1 aromatic rings. The SMILES string of the molecule is NCc1cccc(N2CCCC(=O)C2)c1. The topological polar surface area (TPSA) is 46.3 Å². The molecule has 0 amide bonds. The minimum Gasteiger partial charge on any atom is -0.364 e. The van der Waals surface area contributed by atoms with E-state index in [1.54, 1.807) is 0 Å². The first-order valence-corrected chi connectivity index (χ1v) is 5.35. The van der Waals surface area contributed by atoms with E-state index in [-0.39, 0.29) is 0 Å². The van der Waals surface area contributed by atoms with Crippen molar-refractivity contribution in [1.82, 2.24) is 0 Å². The van der Waals surface area contributed by atoms with Gasteiger partial charge in [-0.05, 0) is 24.1 Å². The van der Waals surface area contributed by atoms with Gasteiger partial charge in [-0.25, -0.2) is 0 Å². The van der Waals surface area contributed by atoms with Crippen molar-refractivity contribution in [3.8, 4) is 0 Å². The third-order valence-electron chi connectivity index (χ3n) is 2.76. The third kappa shape index (κ3) is 2.36. The number of Topliss-reactive ketones (excluding diaryl/α,β-unsaturated/α-hetero) is 1. The van der Waals surface area contributed by atoms with Crippen molar-refractivity contribution in [2.45, 2.75) is 19.4 Å². The van der Waals surface area contributed by atoms with E-state index in [1.807, 2.05) is 18.2 Å². The highest BCUT2D eigenvalue weighted by Gasteiger charge is 2.16. The van der Waals surface area contributed by atoms with Crippen LogP contribution in [0.15, 0.2) is 24.3 Å². The van der Waals surface area contributed by atoms with Gasteiger partial charge in [-0.15, -0.1) is 0 Å². The van der Waals surface area contributed by atoms with E-state index >= 15 is 0 Å². The van der Waals surface area contributed by atoms with Crippen LogP contribution in [0.2, 0.25) is 0 Å². The summed E-state index contributed by atoms with van der Waals surface area (Å²) in [6.45, 7) is 2.07. The highest BCUT2D eigenvalue weighted by Crippen LogP contribution is 2.19. The molecule has 0 radical (unpaired) electrons. The molecular formula is C12H16N2O. The number of piperidine rings is 1. The summed E-state index contributed by atoms with van der Waals surface area (Å²) in [5, 5.41) is 0. The van der Waals surface area contributed by atoms with Gasteiger partial charge in [0, 0.05) is 25.2 Å². The van der Waals surface area contributed by atoms with Crippen LogP contribution >= 0.6 is 0 Å². The van der Waals surface area contributed by atoms with Crippen molar-refractivity contribution in [2.75, 3.05) is 18.0 Å². The first-order chi connectivity index (χ1) is 7.29. The molecule has 1 aliphatic rings. The molecule has 0 aromatic heterocycles. The van der Waals surface area contributed by atoms with Gasteiger partial charge < -0.3 is 10.6 Å². The van der Waals surface area contributed by atoms with Crippen LogP contribution in [0.1, 0.15) is 18.4 Å². The summed E-state index contributed by atoms with van der Waals surface area (Å²) in [5.41, 5.74) is 7.82. The lowest BCUT2D eigenvalue weighted by molar-refractivity contribution is -0.118. The Morgan fingerprint density at radius 1 is 1.40 bits per heavy atom. The Kier molecular flexibility index (Phi) is 3.02. The second-order valence-electron chi connectivity index (χ2n) is 3.94. The molecule has 2 rings (SSSR count). The monoisotopic (exact) mass is 204 g/mol. The van der Waals surface area contributed by atoms with Gasteiger partial charge in [-0.2, -0.15) is 0 Å². The summed E-state index contributed by atoms with van der Waals surface area (Å²) in [5.74, 6) is 0.333. The second kappa shape index (κ2) is 4.45. The van der Waals surface area contributed by atoms with Crippen molar-refractivity contribution >= 4 is 11.5 Å². The van der Waals surface area contributed by atoms with Gasteiger partial charge >= 0.3 is 0 Å². The summed E-state index contributed by atoms with van der Waals surface area (Å²) in [7, 11) is 0. The van der Waals surface area contributed by atoms with E-state index < -0.39 is 0 Å². The molecule has 0 saturated carbocycles. The molecule has 2 N–H and O–H groups in total. The minimum atomic E-state index is 0.333. The van der Waals surface area contributed by atoms with Gasteiger partial charge in [0.15, 0.2) is 5.78 Å². The Labute approximate surface area is 89.9 Å². The third-order valence-corrected chi connectivity index (χ3v) is 2.76. The van der Waals surface area contributed by atoms with Crippen LogP contribution in [0.4, 0.5) is 5.69 Å². The lowest BCUT2D eigenvalue weighted by Crippen LogP contribution is -2.35. The van der Waals surface area contributed by atoms with Crippen LogP contribution in [-0.2, 0) is 11.3 Å². The van der Waals surface area contributed by atoms with Crippen molar-refractivity contribution in [2.24, 2.45) is 5.73 Å². The molecule has 0 bridgehead atoms. The van der Waals surface area contributed by atoms with Crippen molar-refractivity contribution in [3.05, 3.63) is 29.8 Å². The molecule has 1 aromatic carbocycles. The maximum Gasteiger partial charge on any atom is 0.152 e.